The molecule has 0 saturated carbocycles. The van der Waals surface area contributed by atoms with E-state index in [1.165, 1.54) is 12.1 Å². The molecule has 0 aliphatic carbocycles. The molecule has 1 aliphatic heterocycles. The summed E-state index contributed by atoms with van der Waals surface area (Å²) in [6.07, 6.45) is 1.76. The number of rotatable bonds is 6. The molecule has 5 heteroatoms. The second-order valence-electron chi connectivity index (χ2n) is 7.87. The van der Waals surface area contributed by atoms with Crippen LogP contribution in [0.4, 0.5) is 10.1 Å². The van der Waals surface area contributed by atoms with Crippen molar-refractivity contribution in [3.8, 4) is 5.75 Å². The maximum absolute atomic E-state index is 13.4. The first-order valence-electron chi connectivity index (χ1n) is 10.6. The maximum atomic E-state index is 13.4. The zero-order chi connectivity index (χ0) is 21.6. The third kappa shape index (κ3) is 5.12. The van der Waals surface area contributed by atoms with Gasteiger partial charge in [0.05, 0.1) is 7.11 Å². The lowest BCUT2D eigenvalue weighted by Crippen LogP contribution is -2.47. The minimum atomic E-state index is -0.211. The van der Waals surface area contributed by atoms with E-state index in [1.54, 1.807) is 7.11 Å². The predicted molar refractivity (Wildman–Crippen MR) is 121 cm³/mol. The third-order valence-electron chi connectivity index (χ3n) is 5.83. The molecule has 4 rings (SSSR count). The summed E-state index contributed by atoms with van der Waals surface area (Å²) in [5.41, 5.74) is 2.67. The Kier molecular flexibility index (Phi) is 6.63. The molecule has 1 aliphatic rings. The van der Waals surface area contributed by atoms with Crippen LogP contribution in [0.15, 0.2) is 78.9 Å². The van der Waals surface area contributed by atoms with Crippen LogP contribution < -0.4 is 9.64 Å². The Morgan fingerprint density at radius 1 is 0.968 bits per heavy atom. The lowest BCUT2D eigenvalue weighted by molar-refractivity contribution is 0.0958. The number of amides is 1. The van der Waals surface area contributed by atoms with Crippen molar-refractivity contribution < 1.29 is 13.9 Å². The van der Waals surface area contributed by atoms with Crippen LogP contribution in [0.25, 0.3) is 0 Å². The number of benzene rings is 3. The highest BCUT2D eigenvalue weighted by atomic mass is 19.1. The van der Waals surface area contributed by atoms with Gasteiger partial charge in [-0.3, -0.25) is 9.69 Å². The van der Waals surface area contributed by atoms with Crippen molar-refractivity contribution in [3.63, 3.8) is 0 Å². The summed E-state index contributed by atoms with van der Waals surface area (Å²) in [4.78, 5) is 17.7. The SMILES string of the molecule is COc1ccc(N(C(=O)c2ccccc2)C2CCN(Cc3ccc(F)cc3)CC2)cc1. The van der Waals surface area contributed by atoms with Crippen molar-refractivity contribution in [1.82, 2.24) is 4.90 Å². The smallest absolute Gasteiger partial charge is 0.258 e. The molecule has 3 aromatic rings. The van der Waals surface area contributed by atoms with E-state index < -0.39 is 0 Å². The fourth-order valence-electron chi connectivity index (χ4n) is 4.14. The quantitative estimate of drug-likeness (QED) is 0.555. The van der Waals surface area contributed by atoms with Crippen LogP contribution in [-0.4, -0.2) is 37.0 Å². The molecule has 160 valence electrons. The van der Waals surface area contributed by atoms with E-state index in [2.05, 4.69) is 4.90 Å². The first-order chi connectivity index (χ1) is 15.1. The predicted octanol–water partition coefficient (Wildman–Crippen LogP) is 5.15. The zero-order valence-corrected chi connectivity index (χ0v) is 17.7. The first kappa shape index (κ1) is 21.1. The van der Waals surface area contributed by atoms with Gasteiger partial charge in [-0.1, -0.05) is 30.3 Å². The minimum Gasteiger partial charge on any atom is -0.497 e. The summed E-state index contributed by atoms with van der Waals surface area (Å²) < 4.78 is 18.5. The molecule has 0 bridgehead atoms. The lowest BCUT2D eigenvalue weighted by Gasteiger charge is -2.38. The summed E-state index contributed by atoms with van der Waals surface area (Å²) in [5, 5.41) is 0. The van der Waals surface area contributed by atoms with Gasteiger partial charge in [-0.15, -0.1) is 0 Å². The van der Waals surface area contributed by atoms with Gasteiger partial charge in [0.15, 0.2) is 0 Å². The Hall–Kier alpha value is -3.18. The number of halogens is 1. The van der Waals surface area contributed by atoms with Gasteiger partial charge in [0.1, 0.15) is 11.6 Å². The van der Waals surface area contributed by atoms with Gasteiger partial charge < -0.3 is 9.64 Å². The van der Waals surface area contributed by atoms with E-state index in [0.29, 0.717) is 5.56 Å². The van der Waals surface area contributed by atoms with Crippen LogP contribution in [0.5, 0.6) is 5.75 Å². The summed E-state index contributed by atoms with van der Waals surface area (Å²) in [6, 6.07) is 23.9. The molecule has 4 nitrogen and oxygen atoms in total. The number of likely N-dealkylation sites (tertiary alicyclic amines) is 1. The van der Waals surface area contributed by atoms with Crippen molar-refractivity contribution in [2.45, 2.75) is 25.4 Å². The van der Waals surface area contributed by atoms with Gasteiger partial charge in [0.25, 0.3) is 5.91 Å². The summed E-state index contributed by atoms with van der Waals surface area (Å²) in [7, 11) is 1.64. The Bertz CT molecular complexity index is 982. The molecule has 0 radical (unpaired) electrons. The minimum absolute atomic E-state index is 0.0164. The molecule has 1 heterocycles. The van der Waals surface area contributed by atoms with E-state index in [1.807, 2.05) is 71.6 Å². The molecular formula is C26H27FN2O2. The molecule has 31 heavy (non-hydrogen) atoms. The monoisotopic (exact) mass is 418 g/mol. The number of carbonyl (C=O) groups is 1. The summed E-state index contributed by atoms with van der Waals surface area (Å²) in [6.45, 7) is 2.57. The maximum Gasteiger partial charge on any atom is 0.258 e. The molecular weight excluding hydrogens is 391 g/mol. The van der Waals surface area contributed by atoms with Crippen molar-refractivity contribution in [2.24, 2.45) is 0 Å². The molecule has 0 N–H and O–H groups in total. The molecule has 0 unspecified atom stereocenters. The van der Waals surface area contributed by atoms with Gasteiger partial charge >= 0.3 is 0 Å². The third-order valence-corrected chi connectivity index (χ3v) is 5.83. The molecule has 1 fully saturated rings. The van der Waals surface area contributed by atoms with Gasteiger partial charge in [-0.25, -0.2) is 4.39 Å². The largest absolute Gasteiger partial charge is 0.497 e. The number of hydrogen-bond donors (Lipinski definition) is 0. The Morgan fingerprint density at radius 2 is 1.61 bits per heavy atom. The van der Waals surface area contributed by atoms with Gasteiger partial charge in [0, 0.05) is 36.9 Å². The van der Waals surface area contributed by atoms with E-state index >= 15 is 0 Å². The second-order valence-corrected chi connectivity index (χ2v) is 7.87. The van der Waals surface area contributed by atoms with Crippen molar-refractivity contribution in [3.05, 3.63) is 95.8 Å². The molecule has 3 aromatic carbocycles. The second kappa shape index (κ2) is 9.75. The molecule has 1 amide bonds. The van der Waals surface area contributed by atoms with Crippen LogP contribution in [-0.2, 0) is 6.54 Å². The fraction of sp³-hybridized carbons (Fsp3) is 0.269. The van der Waals surface area contributed by atoms with Crippen molar-refractivity contribution >= 4 is 11.6 Å². The van der Waals surface area contributed by atoms with Gasteiger partial charge in [0.2, 0.25) is 0 Å². The fourth-order valence-corrected chi connectivity index (χ4v) is 4.14. The average Bonchev–Trinajstić information content (AvgIpc) is 2.83. The average molecular weight is 419 g/mol. The number of piperidine rings is 1. The lowest BCUT2D eigenvalue weighted by atomic mass is 10.00. The number of methoxy groups -OCH3 is 1. The topological polar surface area (TPSA) is 32.8 Å². The van der Waals surface area contributed by atoms with E-state index in [4.69, 9.17) is 4.74 Å². The number of hydrogen-bond acceptors (Lipinski definition) is 3. The number of carbonyl (C=O) groups excluding carboxylic acids is 1. The molecule has 1 saturated heterocycles. The van der Waals surface area contributed by atoms with Crippen LogP contribution in [0, 0.1) is 5.82 Å². The molecule has 0 atom stereocenters. The highest BCUT2D eigenvalue weighted by Gasteiger charge is 2.30. The molecule has 0 aromatic heterocycles. The van der Waals surface area contributed by atoms with Crippen molar-refractivity contribution in [2.75, 3.05) is 25.1 Å². The first-order valence-corrected chi connectivity index (χ1v) is 10.6. The van der Waals surface area contributed by atoms with Crippen LogP contribution in [0.1, 0.15) is 28.8 Å². The normalized spacial score (nSPS) is 14.9. The number of anilines is 1. The summed E-state index contributed by atoms with van der Waals surface area (Å²) in [5.74, 6) is 0.574. The van der Waals surface area contributed by atoms with Crippen LogP contribution in [0.2, 0.25) is 0 Å². The van der Waals surface area contributed by atoms with E-state index in [-0.39, 0.29) is 17.8 Å². The van der Waals surface area contributed by atoms with Crippen molar-refractivity contribution in [1.29, 1.82) is 0 Å². The molecule has 0 spiro atoms. The van der Waals surface area contributed by atoms with Crippen LogP contribution >= 0.6 is 0 Å². The Morgan fingerprint density at radius 3 is 2.23 bits per heavy atom. The van der Waals surface area contributed by atoms with Gasteiger partial charge in [-0.2, -0.15) is 0 Å². The van der Waals surface area contributed by atoms with Gasteiger partial charge in [-0.05, 0) is 66.9 Å². The summed E-state index contributed by atoms with van der Waals surface area (Å²) >= 11 is 0. The zero-order valence-electron chi connectivity index (χ0n) is 17.7. The highest BCUT2D eigenvalue weighted by Crippen LogP contribution is 2.28. The number of nitrogens with zero attached hydrogens (tertiary/aromatic N) is 2. The van der Waals surface area contributed by atoms with E-state index in [0.717, 1.165) is 49.5 Å². The van der Waals surface area contributed by atoms with E-state index in [9.17, 15) is 9.18 Å². The highest BCUT2D eigenvalue weighted by molar-refractivity contribution is 6.06. The Balaban J connectivity index is 1.50. The van der Waals surface area contributed by atoms with Crippen LogP contribution in [0.3, 0.4) is 0 Å². The Labute approximate surface area is 182 Å². The standard InChI is InChI=1S/C26H27FN2O2/c1-31-25-13-11-23(12-14-25)29(26(30)21-5-3-2-4-6-21)24-15-17-28(18-16-24)19-20-7-9-22(27)10-8-20/h2-14,24H,15-19H2,1H3. The number of ether oxygens (including phenoxy) is 1.